The van der Waals surface area contributed by atoms with Gasteiger partial charge in [0.05, 0.1) is 0 Å². The third-order valence-electron chi connectivity index (χ3n) is 7.39. The second-order valence-corrected chi connectivity index (χ2v) is 9.74. The van der Waals surface area contributed by atoms with E-state index in [1.54, 1.807) is 0 Å². The molecule has 0 aliphatic rings. The van der Waals surface area contributed by atoms with Gasteiger partial charge in [-0.15, -0.1) is 0 Å². The third kappa shape index (κ3) is 5.66. The second kappa shape index (κ2) is 13.0. The molecule has 0 aromatic heterocycles. The molecule has 0 bridgehead atoms. The topological polar surface area (TPSA) is 18.5 Å². The van der Waals surface area contributed by atoms with E-state index in [-0.39, 0.29) is 5.92 Å². The van der Waals surface area contributed by atoms with Gasteiger partial charge >= 0.3 is 0 Å². The van der Waals surface area contributed by atoms with E-state index in [0.717, 1.165) is 18.4 Å². The van der Waals surface area contributed by atoms with Crippen molar-refractivity contribution in [2.75, 3.05) is 13.2 Å². The maximum absolute atomic E-state index is 6.80. The van der Waals surface area contributed by atoms with Crippen LogP contribution < -0.4 is 0 Å². The number of ether oxygens (including phenoxy) is 2. The van der Waals surface area contributed by atoms with E-state index in [9.17, 15) is 0 Å². The van der Waals surface area contributed by atoms with Gasteiger partial charge in [0.25, 0.3) is 0 Å². The summed E-state index contributed by atoms with van der Waals surface area (Å²) in [6, 6.07) is 30.6. The van der Waals surface area contributed by atoms with Gasteiger partial charge in [0.2, 0.25) is 5.79 Å². The largest absolute Gasteiger partial charge is 0.346 e. The van der Waals surface area contributed by atoms with E-state index in [2.05, 4.69) is 106 Å². The zero-order valence-corrected chi connectivity index (χ0v) is 22.3. The maximum Gasteiger partial charge on any atom is 0.202 e. The van der Waals surface area contributed by atoms with Gasteiger partial charge in [0.1, 0.15) is 0 Å². The van der Waals surface area contributed by atoms with Crippen molar-refractivity contribution in [2.24, 2.45) is 0 Å². The van der Waals surface area contributed by atoms with Crippen LogP contribution in [0.4, 0.5) is 0 Å². The minimum absolute atomic E-state index is 0.0699. The highest BCUT2D eigenvalue weighted by Gasteiger charge is 2.44. The number of unbranched alkanes of at least 4 members (excludes halogenated alkanes) is 5. The Morgan fingerprint density at radius 3 is 1.83 bits per heavy atom. The van der Waals surface area contributed by atoms with Gasteiger partial charge in [-0.05, 0) is 47.4 Å². The first-order valence-corrected chi connectivity index (χ1v) is 14.0. The molecule has 0 saturated carbocycles. The van der Waals surface area contributed by atoms with E-state index in [4.69, 9.17) is 9.47 Å². The van der Waals surface area contributed by atoms with Crippen LogP contribution in [0.15, 0.2) is 84.9 Å². The zero-order chi connectivity index (χ0) is 25.2. The van der Waals surface area contributed by atoms with E-state index >= 15 is 0 Å². The molecule has 0 saturated heterocycles. The molecule has 0 aliphatic heterocycles. The monoisotopic (exact) mass is 482 g/mol. The number of fused-ring (bicyclic) bond motifs is 2. The van der Waals surface area contributed by atoms with Crippen molar-refractivity contribution in [2.45, 2.75) is 77.4 Å². The Hall–Kier alpha value is -2.68. The molecule has 4 aromatic rings. The lowest BCUT2D eigenvalue weighted by Gasteiger charge is -2.42. The Morgan fingerprint density at radius 2 is 1.14 bits per heavy atom. The normalized spacial score (nSPS) is 12.9. The predicted octanol–water partition coefficient (Wildman–Crippen LogP) is 9.75. The average molecular weight is 483 g/mol. The molecule has 0 fully saturated rings. The summed E-state index contributed by atoms with van der Waals surface area (Å²) in [7, 11) is 0. The summed E-state index contributed by atoms with van der Waals surface area (Å²) in [6.07, 6.45) is 8.63. The molecular weight excluding hydrogens is 440 g/mol. The molecule has 36 heavy (non-hydrogen) atoms. The molecule has 1 unspecified atom stereocenters. The molecule has 190 valence electrons. The Morgan fingerprint density at radius 1 is 0.583 bits per heavy atom. The van der Waals surface area contributed by atoms with E-state index in [0.29, 0.717) is 13.2 Å². The van der Waals surface area contributed by atoms with Crippen LogP contribution in [0.25, 0.3) is 21.5 Å². The van der Waals surface area contributed by atoms with Crippen molar-refractivity contribution in [3.8, 4) is 0 Å². The van der Waals surface area contributed by atoms with Gasteiger partial charge in [-0.25, -0.2) is 0 Å². The third-order valence-corrected chi connectivity index (χ3v) is 7.39. The molecule has 0 aliphatic carbocycles. The summed E-state index contributed by atoms with van der Waals surface area (Å²) >= 11 is 0. The summed E-state index contributed by atoms with van der Waals surface area (Å²) in [6.45, 7) is 7.62. The van der Waals surface area contributed by atoms with Crippen LogP contribution >= 0.6 is 0 Å². The summed E-state index contributed by atoms with van der Waals surface area (Å²) in [5.41, 5.74) is 2.45. The molecule has 0 heterocycles. The van der Waals surface area contributed by atoms with Crippen LogP contribution in [0.2, 0.25) is 0 Å². The van der Waals surface area contributed by atoms with Crippen LogP contribution in [0.1, 0.15) is 82.8 Å². The van der Waals surface area contributed by atoms with E-state index in [1.807, 2.05) is 0 Å². The number of benzene rings is 4. The number of hydrogen-bond acceptors (Lipinski definition) is 2. The fraction of sp³-hybridized carbons (Fsp3) is 0.412. The van der Waals surface area contributed by atoms with Gasteiger partial charge in [0, 0.05) is 24.7 Å². The first-order chi connectivity index (χ1) is 17.7. The molecule has 2 nitrogen and oxygen atoms in total. The lowest BCUT2D eigenvalue weighted by molar-refractivity contribution is -0.257. The van der Waals surface area contributed by atoms with Crippen molar-refractivity contribution in [3.05, 3.63) is 96.1 Å². The molecule has 0 amide bonds. The predicted molar refractivity (Wildman–Crippen MR) is 154 cm³/mol. The molecule has 4 rings (SSSR count). The molecule has 1 atom stereocenters. The van der Waals surface area contributed by atoms with Crippen LogP contribution in [0.5, 0.6) is 0 Å². The minimum Gasteiger partial charge on any atom is -0.346 e. The minimum atomic E-state index is -0.863. The number of hydrogen-bond donors (Lipinski definition) is 0. The fourth-order valence-corrected chi connectivity index (χ4v) is 5.78. The van der Waals surface area contributed by atoms with Crippen LogP contribution in [-0.4, -0.2) is 13.2 Å². The Labute approximate surface area is 217 Å². The first kappa shape index (κ1) is 26.4. The van der Waals surface area contributed by atoms with Gasteiger partial charge in [0.15, 0.2) is 0 Å². The van der Waals surface area contributed by atoms with Crippen molar-refractivity contribution in [1.82, 2.24) is 0 Å². The molecular formula is C34H42O2. The molecule has 4 aromatic carbocycles. The quantitative estimate of drug-likeness (QED) is 0.131. The van der Waals surface area contributed by atoms with Crippen molar-refractivity contribution >= 4 is 21.5 Å². The highest BCUT2D eigenvalue weighted by Crippen LogP contribution is 2.48. The first-order valence-electron chi connectivity index (χ1n) is 14.0. The highest BCUT2D eigenvalue weighted by atomic mass is 16.7. The van der Waals surface area contributed by atoms with E-state index in [1.165, 1.54) is 59.2 Å². The van der Waals surface area contributed by atoms with Crippen LogP contribution in [-0.2, 0) is 15.3 Å². The smallest absolute Gasteiger partial charge is 0.202 e. The van der Waals surface area contributed by atoms with Gasteiger partial charge in [-0.3, -0.25) is 0 Å². The molecule has 0 N–H and O–H groups in total. The maximum atomic E-state index is 6.80. The van der Waals surface area contributed by atoms with Gasteiger partial charge in [-0.1, -0.05) is 130 Å². The molecule has 0 spiro atoms. The van der Waals surface area contributed by atoms with Crippen LogP contribution in [0.3, 0.4) is 0 Å². The second-order valence-electron chi connectivity index (χ2n) is 9.74. The number of rotatable bonds is 14. The average Bonchev–Trinajstić information content (AvgIpc) is 2.92. The van der Waals surface area contributed by atoms with Gasteiger partial charge < -0.3 is 9.47 Å². The van der Waals surface area contributed by atoms with Crippen LogP contribution in [0, 0.1) is 0 Å². The Bertz CT molecular complexity index is 1210. The Balaban J connectivity index is 1.87. The fourth-order valence-electron chi connectivity index (χ4n) is 5.78. The lowest BCUT2D eigenvalue weighted by atomic mass is 9.78. The molecule has 2 heteroatoms. The van der Waals surface area contributed by atoms with Crippen molar-refractivity contribution in [3.63, 3.8) is 0 Å². The van der Waals surface area contributed by atoms with E-state index < -0.39 is 5.79 Å². The Kier molecular flexibility index (Phi) is 9.55. The standard InChI is InChI=1S/C34H42O2/c1-4-7-8-9-10-11-25-33(31-24-16-20-27-18-12-14-22-29(27)31)34(35-5-2,36-6-3)32-26-17-21-28-19-13-15-23-30(28)32/h12-24,26,33H,4-11,25H2,1-3H3. The van der Waals surface area contributed by atoms with Gasteiger partial charge in [-0.2, -0.15) is 0 Å². The van der Waals surface area contributed by atoms with Crippen molar-refractivity contribution < 1.29 is 9.47 Å². The summed E-state index contributed by atoms with van der Waals surface area (Å²) in [5.74, 6) is -0.793. The summed E-state index contributed by atoms with van der Waals surface area (Å²) in [4.78, 5) is 0. The summed E-state index contributed by atoms with van der Waals surface area (Å²) < 4.78 is 13.6. The molecule has 0 radical (unpaired) electrons. The van der Waals surface area contributed by atoms with Crippen molar-refractivity contribution in [1.29, 1.82) is 0 Å². The summed E-state index contributed by atoms with van der Waals surface area (Å²) in [5, 5.41) is 4.98. The lowest BCUT2D eigenvalue weighted by Crippen LogP contribution is -2.40. The highest BCUT2D eigenvalue weighted by molar-refractivity contribution is 5.88. The zero-order valence-electron chi connectivity index (χ0n) is 22.3. The SMILES string of the molecule is CCCCCCCCC(c1cccc2ccccc12)C(OCC)(OCC)c1cccc2ccccc12.